The van der Waals surface area contributed by atoms with Crippen molar-refractivity contribution < 1.29 is 0 Å². The molecule has 1 aromatic heterocycles. The average Bonchev–Trinajstić information content (AvgIpc) is 2.32. The minimum atomic E-state index is 0.311. The number of hydrogen-bond donors (Lipinski definition) is 1. The summed E-state index contributed by atoms with van der Waals surface area (Å²) in [6, 6.07) is 8.49. The van der Waals surface area contributed by atoms with Crippen LogP contribution in [0.3, 0.4) is 0 Å². The molecule has 2 N–H and O–H groups in total. The molecule has 0 amide bonds. The van der Waals surface area contributed by atoms with Gasteiger partial charge in [0.25, 0.3) is 0 Å². The second kappa shape index (κ2) is 4.75. The summed E-state index contributed by atoms with van der Waals surface area (Å²) in [5.74, 6) is 0.311. The first-order chi connectivity index (χ1) is 7.79. The highest BCUT2D eigenvalue weighted by molar-refractivity contribution is 5.62. The molecular formula is C13H15N3. The van der Waals surface area contributed by atoms with Gasteiger partial charge in [-0.25, -0.2) is 9.97 Å². The zero-order chi connectivity index (χ0) is 11.4. The molecule has 1 aromatic carbocycles. The average molecular weight is 213 g/mol. The van der Waals surface area contributed by atoms with E-state index in [1.807, 2.05) is 0 Å². The van der Waals surface area contributed by atoms with E-state index in [2.05, 4.69) is 41.2 Å². The highest BCUT2D eigenvalue weighted by Gasteiger charge is 1.99. The third-order valence-electron chi connectivity index (χ3n) is 2.50. The highest BCUT2D eigenvalue weighted by Crippen LogP contribution is 2.18. The van der Waals surface area contributed by atoms with Crippen LogP contribution >= 0.6 is 0 Å². The Bertz CT molecular complexity index is 446. The predicted molar refractivity (Wildman–Crippen MR) is 65.9 cm³/mol. The molecule has 0 unspecified atom stereocenters. The first-order valence-corrected chi connectivity index (χ1v) is 5.46. The lowest BCUT2D eigenvalue weighted by Gasteiger charge is -2.03. The van der Waals surface area contributed by atoms with E-state index in [-0.39, 0.29) is 0 Å². The number of benzene rings is 1. The molecule has 2 aromatic rings. The van der Waals surface area contributed by atoms with Crippen LogP contribution < -0.4 is 5.73 Å². The second-order valence-electron chi connectivity index (χ2n) is 3.78. The summed E-state index contributed by atoms with van der Waals surface area (Å²) in [4.78, 5) is 7.96. The van der Waals surface area contributed by atoms with Gasteiger partial charge in [-0.2, -0.15) is 0 Å². The zero-order valence-electron chi connectivity index (χ0n) is 9.35. The van der Waals surface area contributed by atoms with Crippen molar-refractivity contribution in [1.82, 2.24) is 9.97 Å². The Balaban J connectivity index is 2.24. The van der Waals surface area contributed by atoms with Crippen molar-refractivity contribution in [2.24, 2.45) is 0 Å². The Morgan fingerprint density at radius 2 is 1.62 bits per heavy atom. The van der Waals surface area contributed by atoms with Crippen molar-refractivity contribution in [3.63, 3.8) is 0 Å². The number of aryl methyl sites for hydroxylation is 1. The number of anilines is 1. The fourth-order valence-corrected chi connectivity index (χ4v) is 1.64. The van der Waals surface area contributed by atoms with Gasteiger partial charge in [-0.1, -0.05) is 37.6 Å². The van der Waals surface area contributed by atoms with E-state index < -0.39 is 0 Å². The quantitative estimate of drug-likeness (QED) is 0.852. The summed E-state index contributed by atoms with van der Waals surface area (Å²) in [7, 11) is 0. The van der Waals surface area contributed by atoms with Gasteiger partial charge in [0, 0.05) is 18.0 Å². The van der Waals surface area contributed by atoms with Crippen LogP contribution in [0.15, 0.2) is 36.7 Å². The summed E-state index contributed by atoms with van der Waals surface area (Å²) in [5, 5.41) is 0. The Kier molecular flexibility index (Phi) is 3.15. The van der Waals surface area contributed by atoms with Crippen LogP contribution in [0, 0.1) is 0 Å². The van der Waals surface area contributed by atoms with Gasteiger partial charge in [-0.15, -0.1) is 0 Å². The molecule has 0 saturated carbocycles. The topological polar surface area (TPSA) is 51.8 Å². The summed E-state index contributed by atoms with van der Waals surface area (Å²) in [6.07, 6.45) is 5.79. The molecular weight excluding hydrogens is 198 g/mol. The Morgan fingerprint density at radius 3 is 2.19 bits per heavy atom. The third kappa shape index (κ3) is 2.37. The number of hydrogen-bond acceptors (Lipinski definition) is 3. The van der Waals surface area contributed by atoms with Crippen molar-refractivity contribution in [3.8, 4) is 11.1 Å². The molecule has 82 valence electrons. The molecule has 0 radical (unpaired) electrons. The van der Waals surface area contributed by atoms with Crippen LogP contribution in [0.25, 0.3) is 11.1 Å². The van der Waals surface area contributed by atoms with Crippen LogP contribution in [-0.4, -0.2) is 9.97 Å². The Hall–Kier alpha value is -1.90. The fraction of sp³-hybridized carbons (Fsp3) is 0.231. The van der Waals surface area contributed by atoms with Crippen LogP contribution in [0.1, 0.15) is 18.9 Å². The first-order valence-electron chi connectivity index (χ1n) is 5.46. The SMILES string of the molecule is CCCc1ccc(-c2cnc(N)nc2)cc1. The van der Waals surface area contributed by atoms with E-state index in [4.69, 9.17) is 5.73 Å². The van der Waals surface area contributed by atoms with Gasteiger partial charge in [0.05, 0.1) is 0 Å². The van der Waals surface area contributed by atoms with E-state index in [0.717, 1.165) is 17.5 Å². The van der Waals surface area contributed by atoms with Crippen molar-refractivity contribution in [2.45, 2.75) is 19.8 Å². The fourth-order valence-electron chi connectivity index (χ4n) is 1.64. The normalized spacial score (nSPS) is 10.3. The van der Waals surface area contributed by atoms with E-state index in [1.165, 1.54) is 12.0 Å². The molecule has 0 saturated heterocycles. The molecule has 0 atom stereocenters. The molecule has 3 nitrogen and oxygen atoms in total. The first kappa shape index (κ1) is 10.6. The number of nitrogens with zero attached hydrogens (tertiary/aromatic N) is 2. The Labute approximate surface area is 95.4 Å². The van der Waals surface area contributed by atoms with E-state index in [1.54, 1.807) is 12.4 Å². The molecule has 16 heavy (non-hydrogen) atoms. The monoisotopic (exact) mass is 213 g/mol. The minimum absolute atomic E-state index is 0.311. The van der Waals surface area contributed by atoms with Gasteiger partial charge in [0.1, 0.15) is 0 Å². The van der Waals surface area contributed by atoms with Crippen LogP contribution in [0.5, 0.6) is 0 Å². The van der Waals surface area contributed by atoms with Gasteiger partial charge < -0.3 is 5.73 Å². The van der Waals surface area contributed by atoms with Gasteiger partial charge >= 0.3 is 0 Å². The van der Waals surface area contributed by atoms with Gasteiger partial charge in [-0.05, 0) is 17.5 Å². The van der Waals surface area contributed by atoms with Gasteiger partial charge in [0.15, 0.2) is 0 Å². The van der Waals surface area contributed by atoms with Crippen molar-refractivity contribution in [1.29, 1.82) is 0 Å². The Morgan fingerprint density at radius 1 is 1.00 bits per heavy atom. The molecule has 1 heterocycles. The summed E-state index contributed by atoms with van der Waals surface area (Å²) >= 11 is 0. The second-order valence-corrected chi connectivity index (χ2v) is 3.78. The van der Waals surface area contributed by atoms with Gasteiger partial charge in [-0.3, -0.25) is 0 Å². The summed E-state index contributed by atoms with van der Waals surface area (Å²) < 4.78 is 0. The largest absolute Gasteiger partial charge is 0.368 e. The summed E-state index contributed by atoms with van der Waals surface area (Å²) in [5.41, 5.74) is 8.93. The van der Waals surface area contributed by atoms with Crippen LogP contribution in [0.4, 0.5) is 5.95 Å². The maximum absolute atomic E-state index is 5.45. The predicted octanol–water partition coefficient (Wildman–Crippen LogP) is 2.68. The smallest absolute Gasteiger partial charge is 0.219 e. The van der Waals surface area contributed by atoms with Crippen molar-refractivity contribution in [3.05, 3.63) is 42.2 Å². The third-order valence-corrected chi connectivity index (χ3v) is 2.50. The molecule has 0 aliphatic heterocycles. The van der Waals surface area contributed by atoms with E-state index >= 15 is 0 Å². The van der Waals surface area contributed by atoms with E-state index in [0.29, 0.717) is 5.95 Å². The van der Waals surface area contributed by atoms with Crippen molar-refractivity contribution >= 4 is 5.95 Å². The molecule has 0 spiro atoms. The molecule has 0 fully saturated rings. The van der Waals surface area contributed by atoms with Crippen LogP contribution in [-0.2, 0) is 6.42 Å². The molecule has 0 aliphatic carbocycles. The molecule has 2 rings (SSSR count). The van der Waals surface area contributed by atoms with Gasteiger partial charge in [0.2, 0.25) is 5.95 Å². The van der Waals surface area contributed by atoms with Crippen molar-refractivity contribution in [2.75, 3.05) is 5.73 Å². The molecule has 0 bridgehead atoms. The van der Waals surface area contributed by atoms with E-state index in [9.17, 15) is 0 Å². The lowest BCUT2D eigenvalue weighted by Crippen LogP contribution is -1.93. The highest BCUT2D eigenvalue weighted by atomic mass is 15.0. The molecule has 0 aliphatic rings. The lowest BCUT2D eigenvalue weighted by molar-refractivity contribution is 0.922. The maximum atomic E-state index is 5.45. The minimum Gasteiger partial charge on any atom is -0.368 e. The lowest BCUT2D eigenvalue weighted by atomic mass is 10.0. The number of aromatic nitrogens is 2. The number of rotatable bonds is 3. The summed E-state index contributed by atoms with van der Waals surface area (Å²) in [6.45, 7) is 2.18. The molecule has 3 heteroatoms. The maximum Gasteiger partial charge on any atom is 0.219 e. The van der Waals surface area contributed by atoms with Crippen LogP contribution in [0.2, 0.25) is 0 Å². The zero-order valence-corrected chi connectivity index (χ0v) is 9.35. The number of nitrogen functional groups attached to an aromatic ring is 1. The number of nitrogens with two attached hydrogens (primary N) is 1. The standard InChI is InChI=1S/C13H15N3/c1-2-3-10-4-6-11(7-5-10)12-8-15-13(14)16-9-12/h4-9H,2-3H2,1H3,(H2,14,15,16).